The molecular formula is C96H78. The summed E-state index contributed by atoms with van der Waals surface area (Å²) in [5, 5.41) is 0. The standard InChI is InChI=1S/C16H14.C16H12.2C16H14.2C16H12/c2*1-2-7-15-13(4-1)9-14-8-11-5-3-6-12(11)10-16(14)15;1-2-6-15-12(4-1)10-13-9-8-11-5-3-7-14(11)16(13)15;3*1-2-6-14-12(4-1)10-16-13-7-3-5-11(13)8-9-15(14)16/h1-2,4,7-8,10H,3,5-6,9H2;1-4,6-8,10H,5,9H2;2*1-2,4,6,8-9H,3,5,7,10H2;1-4,6-9H,5,10H2;1-6,8-9H,7,10H2. The van der Waals surface area contributed by atoms with E-state index in [-0.39, 0.29) is 0 Å². The van der Waals surface area contributed by atoms with E-state index in [2.05, 4.69) is 255 Å². The third kappa shape index (κ3) is 10.0. The SMILES string of the molecule is C1=Cc2c(ccc3c2Cc2ccccc2-3)C1.C1=Cc2cc3c(cc2C1)Cc1ccccc1-3.C1=Cc2ccc3c(c2C1)Cc1ccccc1-3.c1ccc2c(c1)Cc1c-2ccc2c1CCC2.c1ccc2c(c1)Cc1cc3c(cc1-2)CCC3.c1ccc2c(c1)Cc1ccc3c(c1-2)CCC3. The van der Waals surface area contributed by atoms with Gasteiger partial charge in [0.2, 0.25) is 0 Å². The first-order valence-corrected chi connectivity index (χ1v) is 35.9. The largest absolute Gasteiger partial charge is 0.0795 e. The van der Waals surface area contributed by atoms with Crippen molar-refractivity contribution in [2.75, 3.05) is 0 Å². The maximum atomic E-state index is 2.46. The molecule has 0 unspecified atom stereocenters. The van der Waals surface area contributed by atoms with E-state index in [9.17, 15) is 0 Å². The predicted octanol–water partition coefficient (Wildman–Crippen LogP) is 22.7. The number of rotatable bonds is 0. The number of aryl methyl sites for hydroxylation is 4. The van der Waals surface area contributed by atoms with Crippen LogP contribution in [0.15, 0.2) is 237 Å². The molecule has 12 aliphatic rings. The van der Waals surface area contributed by atoms with E-state index in [1.807, 2.05) is 0 Å². The minimum atomic E-state index is 1.11. The Bertz CT molecular complexity index is 5200. The first-order chi connectivity index (χ1) is 47.6. The van der Waals surface area contributed by atoms with Gasteiger partial charge in [-0.2, -0.15) is 0 Å². The van der Waals surface area contributed by atoms with Gasteiger partial charge in [-0.3, -0.25) is 0 Å². The van der Waals surface area contributed by atoms with Crippen molar-refractivity contribution in [1.29, 1.82) is 0 Å². The molecule has 0 heterocycles. The quantitative estimate of drug-likeness (QED) is 0.142. The van der Waals surface area contributed by atoms with Crippen LogP contribution in [0.2, 0.25) is 0 Å². The Hall–Kier alpha value is -10.1. The van der Waals surface area contributed by atoms with Crippen molar-refractivity contribution in [2.24, 2.45) is 0 Å². The van der Waals surface area contributed by atoms with Gasteiger partial charge in [-0.05, 0) is 322 Å². The Morgan fingerprint density at radius 1 is 0.188 bits per heavy atom. The topological polar surface area (TPSA) is 0 Å². The average Bonchev–Trinajstić information content (AvgIpc) is 1.70. The summed E-state index contributed by atoms with van der Waals surface area (Å²) in [6, 6.07) is 81.1. The molecule has 462 valence electrons. The highest BCUT2D eigenvalue weighted by molar-refractivity contribution is 5.86. The van der Waals surface area contributed by atoms with Crippen LogP contribution in [0, 0.1) is 0 Å². The Labute approximate surface area is 567 Å². The first-order valence-electron chi connectivity index (χ1n) is 35.9. The first kappa shape index (κ1) is 57.3. The Morgan fingerprint density at radius 3 is 1.25 bits per heavy atom. The van der Waals surface area contributed by atoms with E-state index < -0.39 is 0 Å². The number of hydrogen-bond acceptors (Lipinski definition) is 0. The van der Waals surface area contributed by atoms with Gasteiger partial charge in [0.05, 0.1) is 0 Å². The van der Waals surface area contributed by atoms with Gasteiger partial charge in [0.25, 0.3) is 0 Å². The Kier molecular flexibility index (Phi) is 14.3. The summed E-state index contributed by atoms with van der Waals surface area (Å²) in [7, 11) is 0. The molecule has 0 spiro atoms. The van der Waals surface area contributed by atoms with Gasteiger partial charge >= 0.3 is 0 Å². The summed E-state index contributed by atoms with van der Waals surface area (Å²) in [6.07, 6.45) is 35.5. The molecule has 24 rings (SSSR count). The summed E-state index contributed by atoms with van der Waals surface area (Å²) < 4.78 is 0. The van der Waals surface area contributed by atoms with Crippen molar-refractivity contribution in [3.8, 4) is 66.8 Å². The molecule has 12 aliphatic carbocycles. The molecule has 0 aromatic heterocycles. The molecule has 0 saturated heterocycles. The van der Waals surface area contributed by atoms with Crippen LogP contribution >= 0.6 is 0 Å². The number of hydrogen-bond donors (Lipinski definition) is 0. The summed E-state index contributed by atoms with van der Waals surface area (Å²) in [5.74, 6) is 0. The maximum absolute atomic E-state index is 2.46. The molecule has 0 radical (unpaired) electrons. The van der Waals surface area contributed by atoms with Crippen molar-refractivity contribution in [2.45, 2.75) is 116 Å². The molecule has 12 aromatic rings. The highest BCUT2D eigenvalue weighted by Crippen LogP contribution is 2.47. The fourth-order valence-corrected chi connectivity index (χ4v) is 18.7. The lowest BCUT2D eigenvalue weighted by Crippen LogP contribution is -1.91. The highest BCUT2D eigenvalue weighted by atomic mass is 14.3. The van der Waals surface area contributed by atoms with Crippen molar-refractivity contribution in [3.05, 3.63) is 370 Å². The van der Waals surface area contributed by atoms with Crippen LogP contribution in [0.1, 0.15) is 153 Å². The molecule has 0 atom stereocenters. The lowest BCUT2D eigenvalue weighted by atomic mass is 9.97. The van der Waals surface area contributed by atoms with E-state index in [1.54, 1.807) is 66.8 Å². The van der Waals surface area contributed by atoms with Crippen molar-refractivity contribution < 1.29 is 0 Å². The zero-order valence-electron chi connectivity index (χ0n) is 55.0. The number of benzene rings is 12. The lowest BCUT2D eigenvalue weighted by molar-refractivity contribution is 0.908. The molecule has 0 saturated carbocycles. The van der Waals surface area contributed by atoms with Gasteiger partial charge in [0.1, 0.15) is 0 Å². The average molecular weight is 1230 g/mol. The van der Waals surface area contributed by atoms with Crippen molar-refractivity contribution in [1.82, 2.24) is 0 Å². The van der Waals surface area contributed by atoms with Crippen LogP contribution in [-0.2, 0) is 96.3 Å². The molecule has 0 bridgehead atoms. The van der Waals surface area contributed by atoms with Crippen LogP contribution in [0.4, 0.5) is 0 Å². The van der Waals surface area contributed by atoms with Crippen LogP contribution in [0.25, 0.3) is 85.0 Å². The minimum Gasteiger partial charge on any atom is -0.0795 e. The zero-order valence-corrected chi connectivity index (χ0v) is 55.0. The third-order valence-corrected chi connectivity index (χ3v) is 23.3. The smallest absolute Gasteiger partial charge is 0.000740 e. The second kappa shape index (κ2) is 23.9. The molecule has 96 heavy (non-hydrogen) atoms. The maximum Gasteiger partial charge on any atom is -0.000740 e. The molecule has 0 fully saturated rings. The monoisotopic (exact) mass is 1230 g/mol. The Balaban J connectivity index is 0.0000000812. The van der Waals surface area contributed by atoms with Gasteiger partial charge in [0.15, 0.2) is 0 Å². The van der Waals surface area contributed by atoms with Gasteiger partial charge in [0, 0.05) is 0 Å². The molecule has 0 aliphatic heterocycles. The summed E-state index contributed by atoms with van der Waals surface area (Å²) in [4.78, 5) is 0. The zero-order chi connectivity index (χ0) is 63.2. The fourth-order valence-electron chi connectivity index (χ4n) is 18.7. The van der Waals surface area contributed by atoms with Gasteiger partial charge < -0.3 is 0 Å². The normalized spacial score (nSPS) is 15.2. The lowest BCUT2D eigenvalue weighted by Gasteiger charge is -2.08. The van der Waals surface area contributed by atoms with E-state index >= 15 is 0 Å². The van der Waals surface area contributed by atoms with Gasteiger partial charge in [-0.15, -0.1) is 0 Å². The number of fused-ring (bicyclic) bond motifs is 28. The molecule has 0 heteroatoms. The third-order valence-electron chi connectivity index (χ3n) is 23.3. The predicted molar refractivity (Wildman–Crippen MR) is 402 cm³/mol. The fraction of sp³-hybridized carbons (Fsp3) is 0.188. The van der Waals surface area contributed by atoms with E-state index in [1.165, 1.54) is 191 Å². The summed E-state index contributed by atoms with van der Waals surface area (Å²) in [5.41, 5.74) is 54.5. The number of allylic oxidation sites excluding steroid dienone is 3. The van der Waals surface area contributed by atoms with Crippen molar-refractivity contribution in [3.63, 3.8) is 0 Å². The van der Waals surface area contributed by atoms with Crippen LogP contribution in [-0.4, -0.2) is 0 Å². The molecule has 0 N–H and O–H groups in total. The minimum absolute atomic E-state index is 1.11. The summed E-state index contributed by atoms with van der Waals surface area (Å²) in [6.45, 7) is 0. The Morgan fingerprint density at radius 2 is 0.594 bits per heavy atom. The van der Waals surface area contributed by atoms with Crippen molar-refractivity contribution >= 4 is 18.2 Å². The molecule has 0 nitrogen and oxygen atoms in total. The van der Waals surface area contributed by atoms with Gasteiger partial charge in [-0.25, -0.2) is 0 Å². The van der Waals surface area contributed by atoms with E-state index in [0.29, 0.717) is 0 Å². The molecule has 12 aromatic carbocycles. The van der Waals surface area contributed by atoms with Crippen LogP contribution in [0.3, 0.4) is 0 Å². The van der Waals surface area contributed by atoms with Crippen LogP contribution < -0.4 is 0 Å². The van der Waals surface area contributed by atoms with E-state index in [0.717, 1.165) is 57.8 Å². The second-order valence-electron chi connectivity index (χ2n) is 28.7. The van der Waals surface area contributed by atoms with E-state index in [4.69, 9.17) is 0 Å². The molecule has 0 amide bonds. The molecular weight excluding hydrogens is 1150 g/mol. The van der Waals surface area contributed by atoms with Gasteiger partial charge in [-0.1, -0.05) is 249 Å². The highest BCUT2D eigenvalue weighted by Gasteiger charge is 2.29. The summed E-state index contributed by atoms with van der Waals surface area (Å²) >= 11 is 0. The van der Waals surface area contributed by atoms with Crippen LogP contribution in [0.5, 0.6) is 0 Å². The second-order valence-corrected chi connectivity index (χ2v) is 28.7.